The van der Waals surface area contributed by atoms with Crippen LogP contribution in [0.3, 0.4) is 0 Å². The maximum atomic E-state index is 12.0. The lowest BCUT2D eigenvalue weighted by Gasteiger charge is -2.13. The highest BCUT2D eigenvalue weighted by Gasteiger charge is 2.17. The third-order valence-corrected chi connectivity index (χ3v) is 3.04. The zero-order valence-electron chi connectivity index (χ0n) is 8.54. The Morgan fingerprint density at radius 3 is 2.81 bits per heavy atom. The molecule has 4 N–H and O–H groups in total. The van der Waals surface area contributed by atoms with E-state index >= 15 is 0 Å². The second-order valence-corrected chi connectivity index (χ2v) is 4.08. The number of pyridine rings is 1. The van der Waals surface area contributed by atoms with Crippen molar-refractivity contribution < 1.29 is 13.9 Å². The van der Waals surface area contributed by atoms with Gasteiger partial charge in [-0.3, -0.25) is 0 Å². The van der Waals surface area contributed by atoms with Gasteiger partial charge in [-0.2, -0.15) is 0 Å². The number of rotatable bonds is 4. The minimum absolute atomic E-state index is 0.271. The quantitative estimate of drug-likeness (QED) is 0.792. The molecule has 0 aromatic carbocycles. The first-order valence-electron chi connectivity index (χ1n) is 4.54. The van der Waals surface area contributed by atoms with Gasteiger partial charge in [-0.05, 0) is 28.4 Å². The summed E-state index contributed by atoms with van der Waals surface area (Å²) in [6.45, 7) is 1.50. The molecule has 1 aromatic heterocycles. The summed E-state index contributed by atoms with van der Waals surface area (Å²) in [6.07, 6.45) is -3.07. The van der Waals surface area contributed by atoms with Gasteiger partial charge in [0, 0.05) is 6.54 Å². The highest BCUT2D eigenvalue weighted by Crippen LogP contribution is 2.27. The fourth-order valence-electron chi connectivity index (χ4n) is 1.01. The minimum atomic E-state index is -2.78. The van der Waals surface area contributed by atoms with Crippen LogP contribution in [-0.4, -0.2) is 29.2 Å². The van der Waals surface area contributed by atoms with Gasteiger partial charge in [-0.1, -0.05) is 0 Å². The van der Waals surface area contributed by atoms with Crippen LogP contribution in [0.5, 0.6) is 0 Å². The Balaban J connectivity index is 2.72. The largest absolute Gasteiger partial charge is 0.397 e. The average molecular weight is 296 g/mol. The lowest BCUT2D eigenvalue weighted by molar-refractivity contribution is 0.00380. The molecule has 1 aromatic rings. The summed E-state index contributed by atoms with van der Waals surface area (Å²) < 4.78 is 24.7. The Hall–Kier alpha value is -0.950. The normalized spacial score (nSPS) is 12.9. The standard InChI is InChI=1S/C9H12BrF2N3O/c1-4-5(13)2-14-9(7(4)10)15-3-6(16)8(11)12/h2,6,8,16H,3,13H2,1H3,(H,14,15). The van der Waals surface area contributed by atoms with E-state index in [0.29, 0.717) is 16.0 Å². The van der Waals surface area contributed by atoms with Crippen molar-refractivity contribution in [1.82, 2.24) is 4.98 Å². The monoisotopic (exact) mass is 295 g/mol. The van der Waals surface area contributed by atoms with E-state index in [4.69, 9.17) is 10.8 Å². The molecule has 16 heavy (non-hydrogen) atoms. The predicted molar refractivity (Wildman–Crippen MR) is 61.6 cm³/mol. The SMILES string of the molecule is Cc1c(N)cnc(NCC(O)C(F)F)c1Br. The molecular formula is C9H12BrF2N3O. The van der Waals surface area contributed by atoms with E-state index in [1.807, 2.05) is 0 Å². The van der Waals surface area contributed by atoms with Crippen molar-refractivity contribution >= 4 is 27.4 Å². The maximum absolute atomic E-state index is 12.0. The topological polar surface area (TPSA) is 71.2 Å². The van der Waals surface area contributed by atoms with Crippen LogP contribution >= 0.6 is 15.9 Å². The lowest BCUT2D eigenvalue weighted by atomic mass is 10.2. The van der Waals surface area contributed by atoms with Crippen LogP contribution in [0.15, 0.2) is 10.7 Å². The molecule has 1 rings (SSSR count). The second-order valence-electron chi connectivity index (χ2n) is 3.28. The molecule has 1 atom stereocenters. The van der Waals surface area contributed by atoms with Gasteiger partial charge >= 0.3 is 0 Å². The number of nitrogens with one attached hydrogen (secondary N) is 1. The smallest absolute Gasteiger partial charge is 0.265 e. The molecule has 0 aliphatic heterocycles. The number of hydrogen-bond donors (Lipinski definition) is 3. The van der Waals surface area contributed by atoms with E-state index in [9.17, 15) is 8.78 Å². The van der Waals surface area contributed by atoms with E-state index in [1.165, 1.54) is 6.20 Å². The highest BCUT2D eigenvalue weighted by molar-refractivity contribution is 9.10. The molecule has 0 aliphatic rings. The molecule has 7 heteroatoms. The van der Waals surface area contributed by atoms with Crippen LogP contribution in [0.25, 0.3) is 0 Å². The van der Waals surface area contributed by atoms with Crippen molar-refractivity contribution in [3.05, 3.63) is 16.2 Å². The summed E-state index contributed by atoms with van der Waals surface area (Å²) in [5.41, 5.74) is 6.88. The van der Waals surface area contributed by atoms with Gasteiger partial charge in [0.1, 0.15) is 11.9 Å². The van der Waals surface area contributed by atoms with Gasteiger partial charge in [0.2, 0.25) is 0 Å². The van der Waals surface area contributed by atoms with E-state index in [1.54, 1.807) is 6.92 Å². The number of nitrogens with two attached hydrogens (primary N) is 1. The number of anilines is 2. The summed E-state index contributed by atoms with van der Waals surface area (Å²) in [7, 11) is 0. The summed E-state index contributed by atoms with van der Waals surface area (Å²) in [5.74, 6) is 0.381. The summed E-state index contributed by atoms with van der Waals surface area (Å²) in [6, 6.07) is 0. The van der Waals surface area contributed by atoms with Crippen molar-refractivity contribution in [3.8, 4) is 0 Å². The maximum Gasteiger partial charge on any atom is 0.265 e. The first-order chi connectivity index (χ1) is 7.43. The van der Waals surface area contributed by atoms with Gasteiger partial charge in [0.25, 0.3) is 6.43 Å². The van der Waals surface area contributed by atoms with Crippen molar-refractivity contribution in [2.24, 2.45) is 0 Å². The van der Waals surface area contributed by atoms with Crippen LogP contribution < -0.4 is 11.1 Å². The highest BCUT2D eigenvalue weighted by atomic mass is 79.9. The number of nitrogen functional groups attached to an aromatic ring is 1. The third kappa shape index (κ3) is 3.02. The number of aromatic nitrogens is 1. The molecule has 0 saturated carbocycles. The van der Waals surface area contributed by atoms with Crippen LogP contribution in [-0.2, 0) is 0 Å². The molecule has 1 unspecified atom stereocenters. The Kier molecular flexibility index (Phi) is 4.43. The van der Waals surface area contributed by atoms with Gasteiger partial charge in [0.15, 0.2) is 0 Å². The molecule has 0 fully saturated rings. The molecule has 0 bridgehead atoms. The number of alkyl halides is 2. The van der Waals surface area contributed by atoms with Crippen molar-refractivity contribution in [2.75, 3.05) is 17.6 Å². The summed E-state index contributed by atoms with van der Waals surface area (Å²) >= 11 is 3.24. The summed E-state index contributed by atoms with van der Waals surface area (Å²) in [4.78, 5) is 3.93. The molecule has 0 amide bonds. The van der Waals surface area contributed by atoms with Crippen LogP contribution in [0, 0.1) is 6.92 Å². The van der Waals surface area contributed by atoms with Crippen LogP contribution in [0.1, 0.15) is 5.56 Å². The minimum Gasteiger partial charge on any atom is -0.397 e. The van der Waals surface area contributed by atoms with Crippen molar-refractivity contribution in [1.29, 1.82) is 0 Å². The second kappa shape index (κ2) is 5.40. The Labute approximate surface area is 100.0 Å². The Bertz CT molecular complexity index is 376. The van der Waals surface area contributed by atoms with Crippen LogP contribution in [0.4, 0.5) is 20.3 Å². The lowest BCUT2D eigenvalue weighted by Crippen LogP contribution is -2.27. The van der Waals surface area contributed by atoms with E-state index in [2.05, 4.69) is 26.2 Å². The summed E-state index contributed by atoms with van der Waals surface area (Å²) in [5, 5.41) is 11.5. The molecule has 0 radical (unpaired) electrons. The first kappa shape index (κ1) is 13.1. The van der Waals surface area contributed by atoms with Crippen molar-refractivity contribution in [2.45, 2.75) is 19.5 Å². The number of nitrogens with zero attached hydrogens (tertiary/aromatic N) is 1. The number of aliphatic hydroxyl groups excluding tert-OH is 1. The number of halogens is 3. The Morgan fingerprint density at radius 2 is 2.25 bits per heavy atom. The fourth-order valence-corrected chi connectivity index (χ4v) is 1.48. The first-order valence-corrected chi connectivity index (χ1v) is 5.33. The van der Waals surface area contributed by atoms with E-state index < -0.39 is 12.5 Å². The third-order valence-electron chi connectivity index (χ3n) is 2.07. The molecular weight excluding hydrogens is 284 g/mol. The zero-order chi connectivity index (χ0) is 12.3. The van der Waals surface area contributed by atoms with E-state index in [-0.39, 0.29) is 6.54 Å². The van der Waals surface area contributed by atoms with Gasteiger partial charge in [-0.25, -0.2) is 13.8 Å². The molecule has 90 valence electrons. The fraction of sp³-hybridized carbons (Fsp3) is 0.444. The van der Waals surface area contributed by atoms with Crippen molar-refractivity contribution in [3.63, 3.8) is 0 Å². The molecule has 0 spiro atoms. The molecule has 0 saturated heterocycles. The average Bonchev–Trinajstić information content (AvgIpc) is 2.24. The van der Waals surface area contributed by atoms with Gasteiger partial charge < -0.3 is 16.2 Å². The van der Waals surface area contributed by atoms with Crippen LogP contribution in [0.2, 0.25) is 0 Å². The van der Waals surface area contributed by atoms with E-state index in [0.717, 1.165) is 5.56 Å². The van der Waals surface area contributed by atoms with Gasteiger partial charge in [-0.15, -0.1) is 0 Å². The number of aliphatic hydroxyl groups is 1. The molecule has 0 aliphatic carbocycles. The molecule has 1 heterocycles. The zero-order valence-corrected chi connectivity index (χ0v) is 10.1. The number of hydrogen-bond acceptors (Lipinski definition) is 4. The predicted octanol–water partition coefficient (Wildman–Crippen LogP) is 1.77. The molecule has 4 nitrogen and oxygen atoms in total. The Morgan fingerprint density at radius 1 is 1.62 bits per heavy atom. The van der Waals surface area contributed by atoms with Gasteiger partial charge in [0.05, 0.1) is 16.4 Å².